The summed E-state index contributed by atoms with van der Waals surface area (Å²) in [7, 11) is 1.55. The molecule has 1 fully saturated rings. The van der Waals surface area contributed by atoms with Crippen LogP contribution in [0.4, 0.5) is 0 Å². The van der Waals surface area contributed by atoms with Gasteiger partial charge in [0.25, 0.3) is 0 Å². The Kier molecular flexibility index (Phi) is 2.46. The highest BCUT2D eigenvalue weighted by molar-refractivity contribution is 6.34. The molecule has 1 aromatic rings. The van der Waals surface area contributed by atoms with Gasteiger partial charge in [-0.2, -0.15) is 0 Å². The second-order valence-corrected chi connectivity index (χ2v) is 3.86. The van der Waals surface area contributed by atoms with Crippen LogP contribution in [0, 0.1) is 5.92 Å². The fourth-order valence-electron chi connectivity index (χ4n) is 1.46. The Balaban J connectivity index is 2.42. The van der Waals surface area contributed by atoms with Gasteiger partial charge in [-0.15, -0.1) is 0 Å². The first-order chi connectivity index (χ1) is 6.74. The molecule has 74 valence electrons. The van der Waals surface area contributed by atoms with E-state index in [1.807, 2.05) is 0 Å². The predicted octanol–water partition coefficient (Wildman–Crippen LogP) is 2.94. The van der Waals surface area contributed by atoms with Gasteiger partial charge in [0.15, 0.2) is 5.78 Å². The van der Waals surface area contributed by atoms with E-state index in [1.54, 1.807) is 25.3 Å². The van der Waals surface area contributed by atoms with Crippen LogP contribution in [-0.4, -0.2) is 12.9 Å². The molecule has 0 amide bonds. The molecule has 0 heterocycles. The second kappa shape index (κ2) is 3.62. The van der Waals surface area contributed by atoms with Crippen molar-refractivity contribution in [3.05, 3.63) is 28.8 Å². The van der Waals surface area contributed by atoms with E-state index >= 15 is 0 Å². The van der Waals surface area contributed by atoms with Gasteiger partial charge in [0.2, 0.25) is 0 Å². The number of rotatable bonds is 3. The third kappa shape index (κ3) is 1.62. The molecule has 0 saturated heterocycles. The zero-order valence-corrected chi connectivity index (χ0v) is 8.67. The van der Waals surface area contributed by atoms with Gasteiger partial charge in [-0.05, 0) is 25.0 Å². The monoisotopic (exact) mass is 210 g/mol. The number of Topliss-reactive ketones (excluding diaryl/α,β-unsaturated/α-hetero) is 1. The Hall–Kier alpha value is -1.02. The standard InChI is InChI=1S/C11H11ClO2/c1-14-9-4-2-3-8(12)10(9)11(13)7-5-6-7/h2-4,7H,5-6H2,1H3. The largest absolute Gasteiger partial charge is 0.496 e. The molecular weight excluding hydrogens is 200 g/mol. The molecule has 0 N–H and O–H groups in total. The first kappa shape index (κ1) is 9.53. The Morgan fingerprint density at radius 3 is 2.79 bits per heavy atom. The van der Waals surface area contributed by atoms with Crippen LogP contribution in [0.5, 0.6) is 5.75 Å². The van der Waals surface area contributed by atoms with Crippen molar-refractivity contribution in [3.63, 3.8) is 0 Å². The van der Waals surface area contributed by atoms with E-state index in [4.69, 9.17) is 16.3 Å². The maximum atomic E-state index is 11.8. The fraction of sp³-hybridized carbons (Fsp3) is 0.364. The van der Waals surface area contributed by atoms with Crippen LogP contribution in [0.2, 0.25) is 5.02 Å². The lowest BCUT2D eigenvalue weighted by Gasteiger charge is -2.08. The summed E-state index contributed by atoms with van der Waals surface area (Å²) in [5.74, 6) is 0.866. The Labute approximate surface area is 87.8 Å². The van der Waals surface area contributed by atoms with Gasteiger partial charge in [-0.3, -0.25) is 4.79 Å². The predicted molar refractivity (Wildman–Crippen MR) is 55.1 cm³/mol. The van der Waals surface area contributed by atoms with Crippen molar-refractivity contribution >= 4 is 17.4 Å². The van der Waals surface area contributed by atoms with E-state index in [-0.39, 0.29) is 11.7 Å². The van der Waals surface area contributed by atoms with Crippen LogP contribution < -0.4 is 4.74 Å². The molecule has 0 spiro atoms. The molecular formula is C11H11ClO2. The minimum absolute atomic E-state index is 0.118. The van der Waals surface area contributed by atoms with E-state index in [0.717, 1.165) is 12.8 Å². The van der Waals surface area contributed by atoms with Gasteiger partial charge in [0.1, 0.15) is 5.75 Å². The van der Waals surface area contributed by atoms with Crippen molar-refractivity contribution in [2.75, 3.05) is 7.11 Å². The number of ketones is 1. The zero-order valence-electron chi connectivity index (χ0n) is 7.92. The van der Waals surface area contributed by atoms with Crippen molar-refractivity contribution in [1.82, 2.24) is 0 Å². The summed E-state index contributed by atoms with van der Waals surface area (Å²) in [4.78, 5) is 11.8. The van der Waals surface area contributed by atoms with Gasteiger partial charge < -0.3 is 4.74 Å². The average Bonchev–Trinajstić information content (AvgIpc) is 2.99. The summed E-state index contributed by atoms with van der Waals surface area (Å²) in [5, 5.41) is 0.487. The molecule has 0 aliphatic heterocycles. The number of methoxy groups -OCH3 is 1. The molecule has 14 heavy (non-hydrogen) atoms. The quantitative estimate of drug-likeness (QED) is 0.717. The third-order valence-corrected chi connectivity index (χ3v) is 2.70. The van der Waals surface area contributed by atoms with Gasteiger partial charge >= 0.3 is 0 Å². The number of carbonyl (C=O) groups is 1. The number of hydrogen-bond acceptors (Lipinski definition) is 2. The molecule has 0 unspecified atom stereocenters. The summed E-state index contributed by atoms with van der Waals surface area (Å²) in [6.07, 6.45) is 1.96. The molecule has 1 aliphatic rings. The highest BCUT2D eigenvalue weighted by Crippen LogP contribution is 2.37. The molecule has 3 heteroatoms. The van der Waals surface area contributed by atoms with Crippen molar-refractivity contribution in [2.45, 2.75) is 12.8 Å². The van der Waals surface area contributed by atoms with E-state index in [1.165, 1.54) is 0 Å². The zero-order chi connectivity index (χ0) is 10.1. The molecule has 1 aliphatic carbocycles. The van der Waals surface area contributed by atoms with Gasteiger partial charge in [0, 0.05) is 5.92 Å². The van der Waals surface area contributed by atoms with Crippen molar-refractivity contribution in [3.8, 4) is 5.75 Å². The Morgan fingerprint density at radius 2 is 2.21 bits per heavy atom. The van der Waals surface area contributed by atoms with Gasteiger partial charge in [-0.1, -0.05) is 17.7 Å². The van der Waals surface area contributed by atoms with Crippen molar-refractivity contribution < 1.29 is 9.53 Å². The number of hydrogen-bond donors (Lipinski definition) is 0. The smallest absolute Gasteiger partial charge is 0.171 e. The van der Waals surface area contributed by atoms with Crippen LogP contribution in [0.1, 0.15) is 23.2 Å². The summed E-state index contributed by atoms with van der Waals surface area (Å²) in [5.41, 5.74) is 0.541. The van der Waals surface area contributed by atoms with E-state index in [9.17, 15) is 4.79 Å². The Morgan fingerprint density at radius 1 is 1.50 bits per heavy atom. The lowest BCUT2D eigenvalue weighted by atomic mass is 10.1. The summed E-state index contributed by atoms with van der Waals surface area (Å²) < 4.78 is 5.12. The first-order valence-corrected chi connectivity index (χ1v) is 4.98. The number of carbonyl (C=O) groups excluding carboxylic acids is 1. The molecule has 2 rings (SSSR count). The number of benzene rings is 1. The fourth-order valence-corrected chi connectivity index (χ4v) is 1.72. The molecule has 0 aromatic heterocycles. The van der Waals surface area contributed by atoms with E-state index in [0.29, 0.717) is 16.3 Å². The van der Waals surface area contributed by atoms with Crippen molar-refractivity contribution in [1.29, 1.82) is 0 Å². The highest BCUT2D eigenvalue weighted by atomic mass is 35.5. The second-order valence-electron chi connectivity index (χ2n) is 3.46. The van der Waals surface area contributed by atoms with Crippen LogP contribution in [0.25, 0.3) is 0 Å². The topological polar surface area (TPSA) is 26.3 Å². The van der Waals surface area contributed by atoms with Gasteiger partial charge in [0.05, 0.1) is 17.7 Å². The van der Waals surface area contributed by atoms with Crippen LogP contribution >= 0.6 is 11.6 Å². The lowest BCUT2D eigenvalue weighted by molar-refractivity contribution is 0.0965. The summed E-state index contributed by atoms with van der Waals surface area (Å²) >= 11 is 5.97. The molecule has 0 radical (unpaired) electrons. The average molecular weight is 211 g/mol. The number of ether oxygens (including phenoxy) is 1. The summed E-state index contributed by atoms with van der Waals surface area (Å²) in [6, 6.07) is 5.27. The maximum absolute atomic E-state index is 11.8. The molecule has 2 nitrogen and oxygen atoms in total. The van der Waals surface area contributed by atoms with Crippen LogP contribution in [-0.2, 0) is 0 Å². The maximum Gasteiger partial charge on any atom is 0.171 e. The summed E-state index contributed by atoms with van der Waals surface area (Å²) in [6.45, 7) is 0. The molecule has 1 saturated carbocycles. The van der Waals surface area contributed by atoms with E-state index in [2.05, 4.69) is 0 Å². The third-order valence-electron chi connectivity index (χ3n) is 2.39. The molecule has 0 bridgehead atoms. The SMILES string of the molecule is COc1cccc(Cl)c1C(=O)C1CC1. The van der Waals surface area contributed by atoms with Crippen LogP contribution in [0.3, 0.4) is 0 Å². The minimum Gasteiger partial charge on any atom is -0.496 e. The normalized spacial score (nSPS) is 15.3. The molecule has 1 aromatic carbocycles. The van der Waals surface area contributed by atoms with Gasteiger partial charge in [-0.25, -0.2) is 0 Å². The Bertz CT molecular complexity index is 370. The highest BCUT2D eigenvalue weighted by Gasteiger charge is 2.33. The number of halogens is 1. The molecule has 0 atom stereocenters. The lowest BCUT2D eigenvalue weighted by Crippen LogP contribution is -2.04. The van der Waals surface area contributed by atoms with Crippen LogP contribution in [0.15, 0.2) is 18.2 Å². The minimum atomic E-state index is 0.118. The van der Waals surface area contributed by atoms with Crippen molar-refractivity contribution in [2.24, 2.45) is 5.92 Å². The first-order valence-electron chi connectivity index (χ1n) is 4.60. The van der Waals surface area contributed by atoms with E-state index < -0.39 is 0 Å².